The quantitative estimate of drug-likeness (QED) is 0.831. The molecule has 0 atom stereocenters. The van der Waals surface area contributed by atoms with Crippen molar-refractivity contribution in [2.24, 2.45) is 0 Å². The third-order valence-corrected chi connectivity index (χ3v) is 2.84. The molecule has 0 aliphatic rings. The lowest BCUT2D eigenvalue weighted by molar-refractivity contribution is 0.0697. The van der Waals surface area contributed by atoms with E-state index in [2.05, 4.69) is 18.8 Å². The molecule has 0 fully saturated rings. The van der Waals surface area contributed by atoms with Gasteiger partial charge in [0.05, 0.1) is 0 Å². The molecular weight excluding hydrogens is 204 g/mol. The number of aromatic carboxylic acids is 1. The minimum Gasteiger partial charge on any atom is -0.478 e. The van der Waals surface area contributed by atoms with Gasteiger partial charge in [0.2, 0.25) is 0 Å². The Labute approximate surface area is 95.9 Å². The summed E-state index contributed by atoms with van der Waals surface area (Å²) in [4.78, 5) is 17.2. The summed E-state index contributed by atoms with van der Waals surface area (Å²) in [7, 11) is 1.90. The predicted molar refractivity (Wildman–Crippen MR) is 64.0 cm³/mol. The van der Waals surface area contributed by atoms with E-state index in [0.717, 1.165) is 12.8 Å². The van der Waals surface area contributed by atoms with E-state index in [1.807, 2.05) is 11.9 Å². The van der Waals surface area contributed by atoms with Gasteiger partial charge in [-0.05, 0) is 25.0 Å². The average molecular weight is 222 g/mol. The Morgan fingerprint density at radius 3 is 2.62 bits per heavy atom. The van der Waals surface area contributed by atoms with Crippen molar-refractivity contribution in [1.29, 1.82) is 0 Å². The van der Waals surface area contributed by atoms with E-state index in [-0.39, 0.29) is 5.56 Å². The zero-order chi connectivity index (χ0) is 12.1. The first-order chi connectivity index (χ1) is 7.61. The third kappa shape index (κ3) is 2.51. The Morgan fingerprint density at radius 1 is 1.50 bits per heavy atom. The number of aromatic nitrogens is 1. The Bertz CT molecular complexity index is 362. The maximum Gasteiger partial charge on any atom is 0.339 e. The molecule has 0 bridgehead atoms. The monoisotopic (exact) mass is 222 g/mol. The van der Waals surface area contributed by atoms with Crippen molar-refractivity contribution in [2.45, 2.75) is 32.7 Å². The minimum atomic E-state index is -0.930. The summed E-state index contributed by atoms with van der Waals surface area (Å²) in [6, 6.07) is 3.56. The maximum atomic E-state index is 11.1. The van der Waals surface area contributed by atoms with Crippen LogP contribution in [0.5, 0.6) is 0 Å². The van der Waals surface area contributed by atoms with Crippen LogP contribution in [0, 0.1) is 0 Å². The summed E-state index contributed by atoms with van der Waals surface area (Å²) < 4.78 is 0. The van der Waals surface area contributed by atoms with Crippen LogP contribution in [0.15, 0.2) is 18.3 Å². The molecule has 88 valence electrons. The number of carboxylic acids is 1. The molecule has 0 unspecified atom stereocenters. The highest BCUT2D eigenvalue weighted by molar-refractivity contribution is 5.93. The average Bonchev–Trinajstić information content (AvgIpc) is 2.30. The molecule has 0 aliphatic carbocycles. The van der Waals surface area contributed by atoms with Gasteiger partial charge in [-0.25, -0.2) is 9.78 Å². The van der Waals surface area contributed by atoms with Crippen LogP contribution in [0.2, 0.25) is 0 Å². The van der Waals surface area contributed by atoms with Gasteiger partial charge in [-0.3, -0.25) is 0 Å². The van der Waals surface area contributed by atoms with Crippen LogP contribution in [-0.4, -0.2) is 29.1 Å². The van der Waals surface area contributed by atoms with Crippen LogP contribution >= 0.6 is 0 Å². The number of anilines is 1. The fraction of sp³-hybridized carbons (Fsp3) is 0.500. The van der Waals surface area contributed by atoms with E-state index in [1.54, 1.807) is 18.3 Å². The second kappa shape index (κ2) is 5.49. The molecular formula is C12H18N2O2. The summed E-state index contributed by atoms with van der Waals surface area (Å²) in [5, 5.41) is 9.08. The van der Waals surface area contributed by atoms with Gasteiger partial charge >= 0.3 is 5.97 Å². The molecule has 4 heteroatoms. The highest BCUT2D eigenvalue weighted by Crippen LogP contribution is 2.20. The molecule has 1 rings (SSSR count). The van der Waals surface area contributed by atoms with E-state index in [1.165, 1.54) is 0 Å². The molecule has 0 aromatic carbocycles. The summed E-state index contributed by atoms with van der Waals surface area (Å²) in [6.07, 6.45) is 3.58. The molecule has 0 radical (unpaired) electrons. The number of carbonyl (C=O) groups is 1. The molecule has 1 heterocycles. The minimum absolute atomic E-state index is 0.261. The van der Waals surface area contributed by atoms with Crippen molar-refractivity contribution >= 4 is 11.8 Å². The van der Waals surface area contributed by atoms with Gasteiger partial charge < -0.3 is 10.0 Å². The lowest BCUT2D eigenvalue weighted by Crippen LogP contribution is -2.32. The first-order valence-electron chi connectivity index (χ1n) is 5.52. The van der Waals surface area contributed by atoms with Gasteiger partial charge in [0.1, 0.15) is 11.4 Å². The Hall–Kier alpha value is -1.58. The van der Waals surface area contributed by atoms with Crippen molar-refractivity contribution < 1.29 is 9.90 Å². The highest BCUT2D eigenvalue weighted by Gasteiger charge is 2.18. The van der Waals surface area contributed by atoms with Crippen molar-refractivity contribution in [3.8, 4) is 0 Å². The highest BCUT2D eigenvalue weighted by atomic mass is 16.4. The molecule has 1 aromatic rings. The number of pyridine rings is 1. The van der Waals surface area contributed by atoms with Gasteiger partial charge in [0, 0.05) is 19.3 Å². The molecule has 4 nitrogen and oxygen atoms in total. The van der Waals surface area contributed by atoms with Crippen LogP contribution in [0.1, 0.15) is 37.0 Å². The SMILES string of the molecule is CCC(CC)N(C)c1ncccc1C(=O)O. The van der Waals surface area contributed by atoms with Gasteiger partial charge in [0.25, 0.3) is 0 Å². The van der Waals surface area contributed by atoms with Gasteiger partial charge in [-0.1, -0.05) is 13.8 Å². The van der Waals surface area contributed by atoms with Crippen LogP contribution in [-0.2, 0) is 0 Å². The third-order valence-electron chi connectivity index (χ3n) is 2.84. The first-order valence-corrected chi connectivity index (χ1v) is 5.52. The summed E-state index contributed by atoms with van der Waals surface area (Å²) in [6.45, 7) is 4.18. The number of nitrogens with zero attached hydrogens (tertiary/aromatic N) is 2. The second-order valence-electron chi connectivity index (χ2n) is 3.76. The topological polar surface area (TPSA) is 53.4 Å². The largest absolute Gasteiger partial charge is 0.478 e. The van der Waals surface area contributed by atoms with E-state index >= 15 is 0 Å². The molecule has 1 aromatic heterocycles. The normalized spacial score (nSPS) is 10.5. The molecule has 0 amide bonds. The van der Waals surface area contributed by atoms with Crippen molar-refractivity contribution in [1.82, 2.24) is 4.98 Å². The first kappa shape index (κ1) is 12.5. The number of rotatable bonds is 5. The van der Waals surface area contributed by atoms with Crippen molar-refractivity contribution in [3.63, 3.8) is 0 Å². The van der Waals surface area contributed by atoms with E-state index in [9.17, 15) is 4.79 Å². The smallest absolute Gasteiger partial charge is 0.339 e. The van der Waals surface area contributed by atoms with Crippen LogP contribution in [0.4, 0.5) is 5.82 Å². The van der Waals surface area contributed by atoms with Crippen molar-refractivity contribution in [2.75, 3.05) is 11.9 Å². The van der Waals surface area contributed by atoms with Gasteiger partial charge in [-0.2, -0.15) is 0 Å². The second-order valence-corrected chi connectivity index (χ2v) is 3.76. The standard InChI is InChI=1S/C12H18N2O2/c1-4-9(5-2)14(3)11-10(12(15)16)7-6-8-13-11/h6-9H,4-5H2,1-3H3,(H,15,16). The zero-order valence-electron chi connectivity index (χ0n) is 9.97. The van der Waals surface area contributed by atoms with Gasteiger partial charge in [0.15, 0.2) is 0 Å². The summed E-state index contributed by atoms with van der Waals surface area (Å²) >= 11 is 0. The Morgan fingerprint density at radius 2 is 2.12 bits per heavy atom. The number of carboxylic acid groups (broad SMARTS) is 1. The molecule has 16 heavy (non-hydrogen) atoms. The Balaban J connectivity index is 3.07. The maximum absolute atomic E-state index is 11.1. The molecule has 0 aliphatic heterocycles. The predicted octanol–water partition coefficient (Wildman–Crippen LogP) is 2.40. The molecule has 1 N–H and O–H groups in total. The summed E-state index contributed by atoms with van der Waals surface area (Å²) in [5.74, 6) is -0.385. The van der Waals surface area contributed by atoms with Crippen molar-refractivity contribution in [3.05, 3.63) is 23.9 Å². The Kier molecular flexibility index (Phi) is 4.28. The van der Waals surface area contributed by atoms with Gasteiger partial charge in [-0.15, -0.1) is 0 Å². The van der Waals surface area contributed by atoms with E-state index in [0.29, 0.717) is 11.9 Å². The van der Waals surface area contributed by atoms with Crippen LogP contribution in [0.25, 0.3) is 0 Å². The fourth-order valence-electron chi connectivity index (χ4n) is 1.85. The van der Waals surface area contributed by atoms with Crippen LogP contribution in [0.3, 0.4) is 0 Å². The molecule has 0 spiro atoms. The molecule has 0 saturated heterocycles. The van der Waals surface area contributed by atoms with E-state index < -0.39 is 5.97 Å². The fourth-order valence-corrected chi connectivity index (χ4v) is 1.85. The number of hydrogen-bond donors (Lipinski definition) is 1. The summed E-state index contributed by atoms with van der Waals surface area (Å²) in [5.41, 5.74) is 0.261. The van der Waals surface area contributed by atoms with Crippen LogP contribution < -0.4 is 4.90 Å². The van der Waals surface area contributed by atoms with E-state index in [4.69, 9.17) is 5.11 Å². The molecule has 0 saturated carbocycles. The zero-order valence-corrected chi connectivity index (χ0v) is 9.97. The number of hydrogen-bond acceptors (Lipinski definition) is 3. The lowest BCUT2D eigenvalue weighted by atomic mass is 10.1. The lowest BCUT2D eigenvalue weighted by Gasteiger charge is -2.28.